The Morgan fingerprint density at radius 3 is 2.76 bits per heavy atom. The van der Waals surface area contributed by atoms with Crippen molar-refractivity contribution < 1.29 is 5.11 Å². The molecular formula is C14H18N2O. The molecule has 0 aliphatic rings. The van der Waals surface area contributed by atoms with Crippen molar-refractivity contribution in [3.63, 3.8) is 0 Å². The number of nitrogens with one attached hydrogen (secondary N) is 1. The summed E-state index contributed by atoms with van der Waals surface area (Å²) < 4.78 is 0. The Hall–Kier alpha value is -1.45. The maximum Gasteiger partial charge on any atom is 0.0798 e. The second-order valence-corrected chi connectivity index (χ2v) is 4.70. The molecule has 90 valence electrons. The fourth-order valence-corrected chi connectivity index (χ4v) is 2.04. The molecule has 2 rings (SSSR count). The number of nitrogens with zero attached hydrogens (tertiary/aromatic N) is 1. The predicted octanol–water partition coefficient (Wildman–Crippen LogP) is 1.75. The van der Waals surface area contributed by atoms with E-state index in [0.29, 0.717) is 13.0 Å². The van der Waals surface area contributed by atoms with E-state index in [1.54, 1.807) is 0 Å². The first-order valence-electron chi connectivity index (χ1n) is 5.82. The van der Waals surface area contributed by atoms with Crippen molar-refractivity contribution in [2.24, 2.45) is 0 Å². The summed E-state index contributed by atoms with van der Waals surface area (Å²) in [5.74, 6) is 0. The van der Waals surface area contributed by atoms with E-state index in [4.69, 9.17) is 0 Å². The molecule has 0 amide bonds. The third kappa shape index (κ3) is 3.02. The topological polar surface area (TPSA) is 45.1 Å². The molecule has 2 aromatic rings. The third-order valence-corrected chi connectivity index (χ3v) is 2.78. The van der Waals surface area contributed by atoms with Crippen LogP contribution in [0.4, 0.5) is 0 Å². The zero-order chi connectivity index (χ0) is 12.3. The monoisotopic (exact) mass is 230 g/mol. The Morgan fingerprint density at radius 1 is 1.24 bits per heavy atom. The van der Waals surface area contributed by atoms with Gasteiger partial charge in [0, 0.05) is 24.0 Å². The van der Waals surface area contributed by atoms with Crippen LogP contribution in [0.5, 0.6) is 0 Å². The first-order valence-corrected chi connectivity index (χ1v) is 5.82. The molecule has 1 aromatic heterocycles. The fraction of sp³-hybridized carbons (Fsp3) is 0.357. The van der Waals surface area contributed by atoms with Crippen LogP contribution in [0.25, 0.3) is 10.9 Å². The molecule has 1 heterocycles. The minimum atomic E-state index is -0.760. The van der Waals surface area contributed by atoms with Gasteiger partial charge in [0.1, 0.15) is 0 Å². The molecular weight excluding hydrogens is 212 g/mol. The summed E-state index contributed by atoms with van der Waals surface area (Å²) in [4.78, 5) is 4.55. The standard InChI is InChI=1S/C14H18N2O/c1-14(17,10-15-2)9-12-8-7-11-5-3-4-6-13(11)16-12/h3-8,15,17H,9-10H2,1-2H3. The number of pyridine rings is 1. The molecule has 0 radical (unpaired) electrons. The van der Waals surface area contributed by atoms with Crippen molar-refractivity contribution in [1.82, 2.24) is 10.3 Å². The van der Waals surface area contributed by atoms with Gasteiger partial charge in [0.05, 0.1) is 11.1 Å². The number of aromatic nitrogens is 1. The predicted molar refractivity (Wildman–Crippen MR) is 70.0 cm³/mol. The maximum atomic E-state index is 10.1. The van der Waals surface area contributed by atoms with Gasteiger partial charge in [0.2, 0.25) is 0 Å². The second-order valence-electron chi connectivity index (χ2n) is 4.70. The van der Waals surface area contributed by atoms with E-state index >= 15 is 0 Å². The van der Waals surface area contributed by atoms with Gasteiger partial charge < -0.3 is 10.4 Å². The molecule has 0 saturated heterocycles. The lowest BCUT2D eigenvalue weighted by atomic mass is 9.99. The molecule has 0 saturated carbocycles. The normalized spacial score (nSPS) is 14.8. The number of hydrogen-bond donors (Lipinski definition) is 2. The molecule has 0 aliphatic heterocycles. The van der Waals surface area contributed by atoms with Crippen molar-refractivity contribution in [1.29, 1.82) is 0 Å². The Bertz CT molecular complexity index is 508. The van der Waals surface area contributed by atoms with E-state index in [1.165, 1.54) is 0 Å². The highest BCUT2D eigenvalue weighted by Crippen LogP contribution is 2.15. The molecule has 0 aliphatic carbocycles. The number of rotatable bonds is 4. The number of hydrogen-bond acceptors (Lipinski definition) is 3. The van der Waals surface area contributed by atoms with E-state index in [0.717, 1.165) is 16.6 Å². The molecule has 0 spiro atoms. The molecule has 1 unspecified atom stereocenters. The summed E-state index contributed by atoms with van der Waals surface area (Å²) in [5.41, 5.74) is 1.14. The summed E-state index contributed by atoms with van der Waals surface area (Å²) in [6.45, 7) is 2.38. The van der Waals surface area contributed by atoms with Gasteiger partial charge in [-0.3, -0.25) is 4.98 Å². The lowest BCUT2D eigenvalue weighted by molar-refractivity contribution is 0.0613. The van der Waals surface area contributed by atoms with Gasteiger partial charge >= 0.3 is 0 Å². The molecule has 17 heavy (non-hydrogen) atoms. The minimum absolute atomic E-state index is 0.554. The molecule has 0 bridgehead atoms. The van der Waals surface area contributed by atoms with E-state index in [9.17, 15) is 5.11 Å². The van der Waals surface area contributed by atoms with Gasteiger partial charge in [-0.05, 0) is 26.1 Å². The van der Waals surface area contributed by atoms with Crippen LogP contribution in [-0.4, -0.2) is 29.3 Å². The van der Waals surface area contributed by atoms with E-state index in [-0.39, 0.29) is 0 Å². The van der Waals surface area contributed by atoms with Gasteiger partial charge in [-0.25, -0.2) is 0 Å². The summed E-state index contributed by atoms with van der Waals surface area (Å²) in [6.07, 6.45) is 0.554. The van der Waals surface area contributed by atoms with E-state index in [1.807, 2.05) is 50.4 Å². The highest BCUT2D eigenvalue weighted by Gasteiger charge is 2.20. The number of aliphatic hydroxyl groups is 1. The van der Waals surface area contributed by atoms with Crippen LogP contribution in [0.2, 0.25) is 0 Å². The van der Waals surface area contributed by atoms with Crippen molar-refractivity contribution in [2.75, 3.05) is 13.6 Å². The second kappa shape index (κ2) is 4.82. The van der Waals surface area contributed by atoms with Crippen LogP contribution >= 0.6 is 0 Å². The summed E-state index contributed by atoms with van der Waals surface area (Å²) in [5, 5.41) is 14.3. The van der Waals surface area contributed by atoms with Crippen molar-refractivity contribution >= 4 is 10.9 Å². The number of likely N-dealkylation sites (N-methyl/N-ethyl adjacent to an activating group) is 1. The zero-order valence-electron chi connectivity index (χ0n) is 10.3. The quantitative estimate of drug-likeness (QED) is 0.841. The van der Waals surface area contributed by atoms with Gasteiger partial charge in [-0.1, -0.05) is 24.3 Å². The fourth-order valence-electron chi connectivity index (χ4n) is 2.04. The molecule has 1 aromatic carbocycles. The van der Waals surface area contributed by atoms with Crippen LogP contribution < -0.4 is 5.32 Å². The van der Waals surface area contributed by atoms with Gasteiger partial charge in [0.25, 0.3) is 0 Å². The first-order chi connectivity index (χ1) is 8.11. The van der Waals surface area contributed by atoms with Crippen LogP contribution in [0.1, 0.15) is 12.6 Å². The largest absolute Gasteiger partial charge is 0.388 e. The molecule has 2 N–H and O–H groups in total. The number of para-hydroxylation sites is 1. The Kier molecular flexibility index (Phi) is 3.41. The smallest absolute Gasteiger partial charge is 0.0798 e. The molecule has 1 atom stereocenters. The van der Waals surface area contributed by atoms with Crippen LogP contribution in [0, 0.1) is 0 Å². The van der Waals surface area contributed by atoms with Crippen LogP contribution in [-0.2, 0) is 6.42 Å². The van der Waals surface area contributed by atoms with Crippen LogP contribution in [0.15, 0.2) is 36.4 Å². The highest BCUT2D eigenvalue weighted by molar-refractivity contribution is 5.78. The summed E-state index contributed by atoms with van der Waals surface area (Å²) >= 11 is 0. The van der Waals surface area contributed by atoms with Crippen molar-refractivity contribution in [2.45, 2.75) is 18.9 Å². The molecule has 3 nitrogen and oxygen atoms in total. The SMILES string of the molecule is CNCC(C)(O)Cc1ccc2ccccc2n1. The van der Waals surface area contributed by atoms with Crippen LogP contribution in [0.3, 0.4) is 0 Å². The highest BCUT2D eigenvalue weighted by atomic mass is 16.3. The minimum Gasteiger partial charge on any atom is -0.388 e. The lowest BCUT2D eigenvalue weighted by Gasteiger charge is -2.22. The van der Waals surface area contributed by atoms with E-state index in [2.05, 4.69) is 10.3 Å². The van der Waals surface area contributed by atoms with Gasteiger partial charge in [0.15, 0.2) is 0 Å². The Labute approximate surface area is 102 Å². The Morgan fingerprint density at radius 2 is 2.00 bits per heavy atom. The summed E-state index contributed by atoms with van der Waals surface area (Å²) in [6, 6.07) is 12.0. The Balaban J connectivity index is 2.25. The van der Waals surface area contributed by atoms with E-state index < -0.39 is 5.60 Å². The number of fused-ring (bicyclic) bond motifs is 1. The summed E-state index contributed by atoms with van der Waals surface area (Å²) in [7, 11) is 1.84. The van der Waals surface area contributed by atoms with Crippen molar-refractivity contribution in [3.05, 3.63) is 42.1 Å². The lowest BCUT2D eigenvalue weighted by Crippen LogP contribution is -2.38. The molecule has 0 fully saturated rings. The third-order valence-electron chi connectivity index (χ3n) is 2.78. The first kappa shape index (κ1) is 12.0. The number of benzene rings is 1. The average Bonchev–Trinajstić information content (AvgIpc) is 2.28. The van der Waals surface area contributed by atoms with Gasteiger partial charge in [-0.15, -0.1) is 0 Å². The molecule has 3 heteroatoms. The average molecular weight is 230 g/mol. The van der Waals surface area contributed by atoms with Crippen molar-refractivity contribution in [3.8, 4) is 0 Å². The maximum absolute atomic E-state index is 10.1. The van der Waals surface area contributed by atoms with Gasteiger partial charge in [-0.2, -0.15) is 0 Å². The zero-order valence-corrected chi connectivity index (χ0v) is 10.3.